The third-order valence-corrected chi connectivity index (χ3v) is 4.58. The molecule has 0 saturated carbocycles. The van der Waals surface area contributed by atoms with Gasteiger partial charge in [0.15, 0.2) is 5.82 Å². The van der Waals surface area contributed by atoms with Gasteiger partial charge in [-0.1, -0.05) is 18.5 Å². The predicted octanol–water partition coefficient (Wildman–Crippen LogP) is 3.60. The summed E-state index contributed by atoms with van der Waals surface area (Å²) in [5.41, 5.74) is 7.80. The first kappa shape index (κ1) is 19.9. The fraction of sp³-hybridized carbons (Fsp3) is 0.421. The van der Waals surface area contributed by atoms with Crippen LogP contribution in [0.25, 0.3) is 17.2 Å². The van der Waals surface area contributed by atoms with Crippen molar-refractivity contribution >= 4 is 34.8 Å². The fourth-order valence-electron chi connectivity index (χ4n) is 3.36. The SMILES string of the molecule is CC1CC(N)CN(c2ccnc(-c3cnc4ccc(Cl)cn34)n2)C1.CSC. The molecule has 1 aliphatic heterocycles. The number of anilines is 1. The van der Waals surface area contributed by atoms with E-state index in [0.717, 1.165) is 36.7 Å². The minimum absolute atomic E-state index is 0.182. The van der Waals surface area contributed by atoms with Crippen LogP contribution >= 0.6 is 23.4 Å². The number of pyridine rings is 1. The molecule has 0 spiro atoms. The quantitative estimate of drug-likeness (QED) is 0.703. The van der Waals surface area contributed by atoms with E-state index in [1.807, 2.05) is 41.3 Å². The summed E-state index contributed by atoms with van der Waals surface area (Å²) in [5.74, 6) is 2.09. The molecular formula is C19H25ClN6S. The summed E-state index contributed by atoms with van der Waals surface area (Å²) in [6.07, 6.45) is 10.5. The third-order valence-electron chi connectivity index (χ3n) is 4.36. The lowest BCUT2D eigenvalue weighted by atomic mass is 9.97. The zero-order valence-electron chi connectivity index (χ0n) is 15.8. The highest BCUT2D eigenvalue weighted by Gasteiger charge is 2.23. The number of hydrogen-bond acceptors (Lipinski definition) is 6. The maximum Gasteiger partial charge on any atom is 0.180 e. The highest BCUT2D eigenvalue weighted by Crippen LogP contribution is 2.24. The van der Waals surface area contributed by atoms with Crippen molar-refractivity contribution in [3.63, 3.8) is 0 Å². The molecule has 0 aromatic carbocycles. The average molecular weight is 405 g/mol. The van der Waals surface area contributed by atoms with Crippen LogP contribution in [0.3, 0.4) is 0 Å². The van der Waals surface area contributed by atoms with E-state index < -0.39 is 0 Å². The Kier molecular flexibility index (Phi) is 6.57. The highest BCUT2D eigenvalue weighted by atomic mass is 35.5. The van der Waals surface area contributed by atoms with Gasteiger partial charge in [0.2, 0.25) is 0 Å². The molecule has 6 nitrogen and oxygen atoms in total. The minimum Gasteiger partial charge on any atom is -0.355 e. The molecule has 8 heteroatoms. The molecule has 0 amide bonds. The normalized spacial score (nSPS) is 19.7. The zero-order valence-corrected chi connectivity index (χ0v) is 17.4. The average Bonchev–Trinajstić information content (AvgIpc) is 3.05. The summed E-state index contributed by atoms with van der Waals surface area (Å²) in [4.78, 5) is 15.8. The van der Waals surface area contributed by atoms with Gasteiger partial charge in [0, 0.05) is 31.5 Å². The van der Waals surface area contributed by atoms with Gasteiger partial charge >= 0.3 is 0 Å². The molecule has 2 N–H and O–H groups in total. The number of rotatable bonds is 2. The number of nitrogens with zero attached hydrogens (tertiary/aromatic N) is 5. The Labute approximate surface area is 169 Å². The summed E-state index contributed by atoms with van der Waals surface area (Å²) in [5, 5.41) is 0.647. The number of nitrogens with two attached hydrogens (primary N) is 1. The van der Waals surface area contributed by atoms with E-state index >= 15 is 0 Å². The first-order chi connectivity index (χ1) is 13.0. The summed E-state index contributed by atoms with van der Waals surface area (Å²) in [7, 11) is 0. The maximum atomic E-state index is 6.16. The molecule has 2 unspecified atom stereocenters. The van der Waals surface area contributed by atoms with E-state index in [1.165, 1.54) is 0 Å². The lowest BCUT2D eigenvalue weighted by molar-refractivity contribution is 0.400. The van der Waals surface area contributed by atoms with E-state index in [1.54, 1.807) is 24.2 Å². The molecule has 27 heavy (non-hydrogen) atoms. The Hall–Kier alpha value is -1.83. The number of fused-ring (bicyclic) bond motifs is 1. The van der Waals surface area contributed by atoms with E-state index in [4.69, 9.17) is 22.3 Å². The molecule has 2 atom stereocenters. The Morgan fingerprint density at radius 2 is 1.96 bits per heavy atom. The van der Waals surface area contributed by atoms with Gasteiger partial charge in [-0.05, 0) is 43.0 Å². The van der Waals surface area contributed by atoms with Crippen LogP contribution in [0.5, 0.6) is 0 Å². The number of imidazole rings is 1. The minimum atomic E-state index is 0.182. The Morgan fingerprint density at radius 1 is 1.19 bits per heavy atom. The van der Waals surface area contributed by atoms with Crippen molar-refractivity contribution in [2.45, 2.75) is 19.4 Å². The molecule has 4 heterocycles. The number of halogens is 1. The van der Waals surface area contributed by atoms with Crippen molar-refractivity contribution in [3.8, 4) is 11.5 Å². The standard InChI is InChI=1S/C17H19ClN6.C2H6S/c1-11-6-13(19)10-23(8-11)16-4-5-20-17(22-16)14-7-21-15-3-2-12(18)9-24(14)15;1-3-2/h2-5,7,9,11,13H,6,8,10,19H2,1H3;1-2H3. The summed E-state index contributed by atoms with van der Waals surface area (Å²) >= 11 is 7.86. The lowest BCUT2D eigenvalue weighted by Gasteiger charge is -2.35. The van der Waals surface area contributed by atoms with Gasteiger partial charge in [-0.2, -0.15) is 11.8 Å². The number of hydrogen-bond donors (Lipinski definition) is 1. The van der Waals surface area contributed by atoms with Gasteiger partial charge in [0.05, 0.1) is 11.2 Å². The van der Waals surface area contributed by atoms with Crippen molar-refractivity contribution in [1.82, 2.24) is 19.4 Å². The second kappa shape index (κ2) is 8.91. The number of aromatic nitrogens is 4. The molecular weight excluding hydrogens is 380 g/mol. The summed E-state index contributed by atoms with van der Waals surface area (Å²) in [6.45, 7) is 4.00. The molecule has 1 fully saturated rings. The van der Waals surface area contributed by atoms with Crippen LogP contribution in [-0.4, -0.2) is 51.0 Å². The van der Waals surface area contributed by atoms with Crippen molar-refractivity contribution in [2.75, 3.05) is 30.5 Å². The van der Waals surface area contributed by atoms with E-state index in [0.29, 0.717) is 16.8 Å². The van der Waals surface area contributed by atoms with E-state index in [-0.39, 0.29) is 6.04 Å². The first-order valence-corrected chi connectivity index (χ1v) is 10.9. The van der Waals surface area contributed by atoms with Crippen LogP contribution in [0.4, 0.5) is 5.82 Å². The van der Waals surface area contributed by atoms with Crippen molar-refractivity contribution in [2.24, 2.45) is 11.7 Å². The Balaban J connectivity index is 0.000000659. The van der Waals surface area contributed by atoms with Gasteiger partial charge in [-0.15, -0.1) is 0 Å². The second-order valence-electron chi connectivity index (χ2n) is 6.87. The van der Waals surface area contributed by atoms with Crippen molar-refractivity contribution in [1.29, 1.82) is 0 Å². The highest BCUT2D eigenvalue weighted by molar-refractivity contribution is 7.97. The number of thioether (sulfide) groups is 1. The lowest BCUT2D eigenvalue weighted by Crippen LogP contribution is -2.46. The molecule has 0 radical (unpaired) electrons. The molecule has 1 saturated heterocycles. The van der Waals surface area contributed by atoms with Gasteiger partial charge in [0.25, 0.3) is 0 Å². The molecule has 144 valence electrons. The molecule has 0 aliphatic carbocycles. The zero-order chi connectivity index (χ0) is 19.4. The smallest absolute Gasteiger partial charge is 0.180 e. The third kappa shape index (κ3) is 4.72. The maximum absolute atomic E-state index is 6.16. The van der Waals surface area contributed by atoms with Crippen LogP contribution < -0.4 is 10.6 Å². The topological polar surface area (TPSA) is 72.3 Å². The number of piperidine rings is 1. The molecule has 3 aromatic rings. The van der Waals surface area contributed by atoms with Crippen molar-refractivity contribution < 1.29 is 0 Å². The van der Waals surface area contributed by atoms with Crippen LogP contribution in [0.15, 0.2) is 36.8 Å². The Bertz CT molecular complexity index is 889. The van der Waals surface area contributed by atoms with E-state index in [9.17, 15) is 0 Å². The summed E-state index contributed by atoms with van der Waals surface area (Å²) < 4.78 is 1.91. The predicted molar refractivity (Wildman–Crippen MR) is 115 cm³/mol. The van der Waals surface area contributed by atoms with Crippen LogP contribution in [-0.2, 0) is 0 Å². The van der Waals surface area contributed by atoms with Crippen LogP contribution in [0.2, 0.25) is 5.02 Å². The van der Waals surface area contributed by atoms with E-state index in [2.05, 4.69) is 21.8 Å². The molecule has 1 aliphatic rings. The van der Waals surface area contributed by atoms with Gasteiger partial charge in [-0.3, -0.25) is 4.40 Å². The Morgan fingerprint density at radius 3 is 2.70 bits per heavy atom. The summed E-state index contributed by atoms with van der Waals surface area (Å²) in [6, 6.07) is 5.81. The largest absolute Gasteiger partial charge is 0.355 e. The van der Waals surface area contributed by atoms with Gasteiger partial charge in [0.1, 0.15) is 17.2 Å². The second-order valence-corrected chi connectivity index (χ2v) is 8.12. The van der Waals surface area contributed by atoms with Gasteiger partial charge < -0.3 is 10.6 Å². The van der Waals surface area contributed by atoms with Crippen molar-refractivity contribution in [3.05, 3.63) is 41.8 Å². The van der Waals surface area contributed by atoms with Crippen LogP contribution in [0, 0.1) is 5.92 Å². The first-order valence-electron chi connectivity index (χ1n) is 8.88. The molecule has 0 bridgehead atoms. The fourth-order valence-corrected chi connectivity index (χ4v) is 3.52. The monoisotopic (exact) mass is 404 g/mol. The van der Waals surface area contributed by atoms with Crippen LogP contribution in [0.1, 0.15) is 13.3 Å². The molecule has 4 rings (SSSR count). The molecule has 3 aromatic heterocycles. The van der Waals surface area contributed by atoms with Gasteiger partial charge in [-0.25, -0.2) is 15.0 Å².